The Morgan fingerprint density at radius 2 is 1.76 bits per heavy atom. The Morgan fingerprint density at radius 3 is 2.52 bits per heavy atom. The lowest BCUT2D eigenvalue weighted by molar-refractivity contribution is 0.0952. The number of halogens is 1. The summed E-state index contributed by atoms with van der Waals surface area (Å²) in [5.74, 6) is 1.77. The number of hydrogen-bond donors (Lipinski definition) is 2. The molecular formula is C34H29ClN2O5. The molecule has 0 saturated carbocycles. The van der Waals surface area contributed by atoms with Gasteiger partial charge in [0.05, 0.1) is 30.5 Å². The van der Waals surface area contributed by atoms with Gasteiger partial charge < -0.3 is 29.5 Å². The third-order valence-corrected chi connectivity index (χ3v) is 7.42. The van der Waals surface area contributed by atoms with Gasteiger partial charge in [0.1, 0.15) is 17.2 Å². The fourth-order valence-electron chi connectivity index (χ4n) is 4.76. The zero-order valence-electron chi connectivity index (χ0n) is 22.9. The highest BCUT2D eigenvalue weighted by Crippen LogP contribution is 2.37. The lowest BCUT2D eigenvalue weighted by Crippen LogP contribution is -2.25. The summed E-state index contributed by atoms with van der Waals surface area (Å²) in [7, 11) is 1.65. The van der Waals surface area contributed by atoms with Crippen LogP contribution in [0, 0.1) is 0 Å². The molecule has 42 heavy (non-hydrogen) atoms. The SMILES string of the molecule is COc1ccc2cc(C3=C(Oc4ccc(C(=O)NCCC5CO5)cc4)C=CC=CN3c3ccc(Cl)c(O)c3)ccc2c1. The second-order valence-corrected chi connectivity index (χ2v) is 10.4. The van der Waals surface area contributed by atoms with Gasteiger partial charge in [-0.25, -0.2) is 0 Å². The third-order valence-electron chi connectivity index (χ3n) is 7.10. The molecule has 0 aliphatic carbocycles. The highest BCUT2D eigenvalue weighted by molar-refractivity contribution is 6.32. The minimum atomic E-state index is -0.137. The Morgan fingerprint density at radius 1 is 1.00 bits per heavy atom. The standard InChI is InChI=1S/C34H29ClN2O5/c1-40-28-13-9-23-18-25(6-5-24(23)19-28)33-32(4-2-3-17-37(33)26-10-14-30(35)31(38)20-26)42-27-11-7-22(8-12-27)34(39)36-16-15-29-21-41-29/h2-14,17-20,29,38H,15-16,21H2,1H3,(H,36,39). The largest absolute Gasteiger partial charge is 0.506 e. The number of amides is 1. The van der Waals surface area contributed by atoms with Crippen LogP contribution in [-0.4, -0.2) is 37.4 Å². The number of nitrogens with one attached hydrogen (secondary N) is 1. The van der Waals surface area contributed by atoms with E-state index in [1.807, 2.05) is 65.7 Å². The molecule has 6 rings (SSSR count). The first-order valence-electron chi connectivity index (χ1n) is 13.6. The summed E-state index contributed by atoms with van der Waals surface area (Å²) in [6.45, 7) is 1.35. The molecule has 0 aromatic heterocycles. The van der Waals surface area contributed by atoms with Gasteiger partial charge in [-0.05, 0) is 83.9 Å². The van der Waals surface area contributed by atoms with E-state index in [-0.39, 0.29) is 22.8 Å². The first-order valence-corrected chi connectivity index (χ1v) is 14.0. The molecule has 2 aliphatic rings. The normalized spacial score (nSPS) is 16.0. The van der Waals surface area contributed by atoms with E-state index >= 15 is 0 Å². The quantitative estimate of drug-likeness (QED) is 0.206. The Balaban J connectivity index is 1.37. The van der Waals surface area contributed by atoms with Gasteiger partial charge in [0.2, 0.25) is 0 Å². The summed E-state index contributed by atoms with van der Waals surface area (Å²) >= 11 is 6.13. The number of ether oxygens (including phenoxy) is 3. The van der Waals surface area contributed by atoms with Crippen LogP contribution in [0.25, 0.3) is 16.5 Å². The zero-order chi connectivity index (χ0) is 29.1. The van der Waals surface area contributed by atoms with Gasteiger partial charge in [-0.3, -0.25) is 4.79 Å². The summed E-state index contributed by atoms with van der Waals surface area (Å²) in [6, 6.07) is 24.2. The van der Waals surface area contributed by atoms with Crippen LogP contribution in [0.2, 0.25) is 5.02 Å². The van der Waals surface area contributed by atoms with Crippen LogP contribution in [0.1, 0.15) is 22.3 Å². The number of methoxy groups -OCH3 is 1. The predicted molar refractivity (Wildman–Crippen MR) is 165 cm³/mol. The maximum Gasteiger partial charge on any atom is 0.251 e. The van der Waals surface area contributed by atoms with Crippen LogP contribution >= 0.6 is 11.6 Å². The third kappa shape index (κ3) is 6.12. The Hall–Kier alpha value is -4.72. The Kier molecular flexibility index (Phi) is 7.86. The van der Waals surface area contributed by atoms with E-state index in [2.05, 4.69) is 11.4 Å². The number of phenols is 1. The highest BCUT2D eigenvalue weighted by atomic mass is 35.5. The molecule has 4 aromatic rings. The van der Waals surface area contributed by atoms with E-state index in [1.54, 1.807) is 43.5 Å². The summed E-state index contributed by atoms with van der Waals surface area (Å²) in [4.78, 5) is 14.5. The van der Waals surface area contributed by atoms with Crippen LogP contribution in [0.5, 0.6) is 17.2 Å². The molecule has 0 bridgehead atoms. The number of allylic oxidation sites excluding steroid dienone is 3. The lowest BCUT2D eigenvalue weighted by atomic mass is 10.0. The molecule has 0 spiro atoms. The highest BCUT2D eigenvalue weighted by Gasteiger charge is 2.23. The maximum absolute atomic E-state index is 12.6. The number of fused-ring (bicyclic) bond motifs is 1. The van der Waals surface area contributed by atoms with Crippen LogP contribution in [-0.2, 0) is 4.74 Å². The number of benzene rings is 4. The van der Waals surface area contributed by atoms with Gasteiger partial charge in [-0.2, -0.15) is 0 Å². The van der Waals surface area contributed by atoms with Gasteiger partial charge in [-0.15, -0.1) is 0 Å². The molecule has 2 N–H and O–H groups in total. The van der Waals surface area contributed by atoms with E-state index < -0.39 is 0 Å². The van der Waals surface area contributed by atoms with Crippen molar-refractivity contribution in [1.82, 2.24) is 5.32 Å². The van der Waals surface area contributed by atoms with Crippen LogP contribution in [0.15, 0.2) is 109 Å². The first-order chi connectivity index (χ1) is 20.5. The number of carbonyl (C=O) groups excluding carboxylic acids is 1. The first kappa shape index (κ1) is 27.4. The van der Waals surface area contributed by atoms with Crippen molar-refractivity contribution < 1.29 is 24.1 Å². The zero-order valence-corrected chi connectivity index (χ0v) is 23.7. The molecule has 212 valence electrons. The molecule has 8 heteroatoms. The second kappa shape index (κ2) is 12.0. The minimum Gasteiger partial charge on any atom is -0.506 e. The van der Waals surface area contributed by atoms with Crippen molar-refractivity contribution in [1.29, 1.82) is 0 Å². The lowest BCUT2D eigenvalue weighted by Gasteiger charge is -2.26. The minimum absolute atomic E-state index is 0.0225. The van der Waals surface area contributed by atoms with E-state index in [1.165, 1.54) is 0 Å². The molecule has 1 fully saturated rings. The molecule has 2 heterocycles. The number of epoxide rings is 1. The van der Waals surface area contributed by atoms with Crippen molar-refractivity contribution in [3.63, 3.8) is 0 Å². The number of anilines is 1. The van der Waals surface area contributed by atoms with Crippen LogP contribution in [0.3, 0.4) is 0 Å². The smallest absolute Gasteiger partial charge is 0.251 e. The topological polar surface area (TPSA) is 83.6 Å². The monoisotopic (exact) mass is 580 g/mol. The van der Waals surface area contributed by atoms with Crippen LogP contribution in [0.4, 0.5) is 5.69 Å². The number of phenolic OH excluding ortho intramolecular Hbond substituents is 1. The predicted octanol–water partition coefficient (Wildman–Crippen LogP) is 7.06. The number of hydrogen-bond acceptors (Lipinski definition) is 6. The fourth-order valence-corrected chi connectivity index (χ4v) is 4.88. The number of nitrogens with zero attached hydrogens (tertiary/aromatic N) is 1. The molecule has 1 atom stereocenters. The summed E-state index contributed by atoms with van der Waals surface area (Å²) in [5, 5.41) is 15.7. The Bertz CT molecular complexity index is 1720. The van der Waals surface area contributed by atoms with Crippen molar-refractivity contribution in [2.24, 2.45) is 0 Å². The Labute approximate surface area is 248 Å². The van der Waals surface area contributed by atoms with E-state index in [4.69, 9.17) is 25.8 Å². The van der Waals surface area contributed by atoms with Crippen molar-refractivity contribution in [3.05, 3.63) is 125 Å². The number of carbonyl (C=O) groups is 1. The van der Waals surface area contributed by atoms with E-state index in [0.29, 0.717) is 29.3 Å². The summed E-state index contributed by atoms with van der Waals surface area (Å²) in [5.41, 5.74) is 2.90. The summed E-state index contributed by atoms with van der Waals surface area (Å²) in [6.07, 6.45) is 8.67. The molecule has 7 nitrogen and oxygen atoms in total. The molecular weight excluding hydrogens is 552 g/mol. The van der Waals surface area contributed by atoms with E-state index in [0.717, 1.165) is 40.8 Å². The second-order valence-electron chi connectivity index (χ2n) is 9.97. The van der Waals surface area contributed by atoms with Crippen LogP contribution < -0.4 is 19.7 Å². The molecule has 1 unspecified atom stereocenters. The van der Waals surface area contributed by atoms with Crippen molar-refractivity contribution in [2.45, 2.75) is 12.5 Å². The molecule has 1 saturated heterocycles. The van der Waals surface area contributed by atoms with Gasteiger partial charge in [0.15, 0.2) is 5.76 Å². The van der Waals surface area contributed by atoms with Gasteiger partial charge in [-0.1, -0.05) is 35.9 Å². The molecule has 0 radical (unpaired) electrons. The average molecular weight is 581 g/mol. The molecule has 2 aliphatic heterocycles. The number of aromatic hydroxyl groups is 1. The molecule has 4 aromatic carbocycles. The van der Waals surface area contributed by atoms with Crippen molar-refractivity contribution in [2.75, 3.05) is 25.2 Å². The van der Waals surface area contributed by atoms with Gasteiger partial charge in [0.25, 0.3) is 5.91 Å². The summed E-state index contributed by atoms with van der Waals surface area (Å²) < 4.78 is 17.1. The maximum atomic E-state index is 12.6. The average Bonchev–Trinajstić information content (AvgIpc) is 3.86. The molecule has 1 amide bonds. The van der Waals surface area contributed by atoms with Gasteiger partial charge >= 0.3 is 0 Å². The fraction of sp³-hybridized carbons (Fsp3) is 0.147. The number of rotatable bonds is 9. The van der Waals surface area contributed by atoms with Crippen molar-refractivity contribution in [3.8, 4) is 17.2 Å². The van der Waals surface area contributed by atoms with Crippen molar-refractivity contribution >= 4 is 39.7 Å². The van der Waals surface area contributed by atoms with E-state index in [9.17, 15) is 9.90 Å². The van der Waals surface area contributed by atoms with Gasteiger partial charge in [0, 0.05) is 35.6 Å².